The summed E-state index contributed by atoms with van der Waals surface area (Å²) >= 11 is 0. The Kier molecular flexibility index (Phi) is 5.35. The van der Waals surface area contributed by atoms with Crippen LogP contribution in [0.2, 0.25) is 0 Å². The van der Waals surface area contributed by atoms with Crippen molar-refractivity contribution < 1.29 is 9.47 Å². The SMILES string of the molecule is CCCC(CN)OCC1CCCO1. The van der Waals surface area contributed by atoms with E-state index in [2.05, 4.69) is 6.92 Å². The van der Waals surface area contributed by atoms with Crippen LogP contribution in [0.25, 0.3) is 0 Å². The molecule has 0 aromatic carbocycles. The summed E-state index contributed by atoms with van der Waals surface area (Å²) in [5.41, 5.74) is 5.58. The lowest BCUT2D eigenvalue weighted by molar-refractivity contribution is -0.0198. The van der Waals surface area contributed by atoms with Gasteiger partial charge in [0.2, 0.25) is 0 Å². The van der Waals surface area contributed by atoms with Gasteiger partial charge in [0.05, 0.1) is 18.8 Å². The summed E-state index contributed by atoms with van der Waals surface area (Å²) < 4.78 is 11.1. The summed E-state index contributed by atoms with van der Waals surface area (Å²) in [7, 11) is 0. The summed E-state index contributed by atoms with van der Waals surface area (Å²) in [5, 5.41) is 0. The van der Waals surface area contributed by atoms with Gasteiger partial charge >= 0.3 is 0 Å². The second kappa shape index (κ2) is 6.35. The van der Waals surface area contributed by atoms with Crippen LogP contribution in [0.5, 0.6) is 0 Å². The van der Waals surface area contributed by atoms with E-state index in [0.717, 1.165) is 32.5 Å². The average molecular weight is 187 g/mol. The van der Waals surface area contributed by atoms with Gasteiger partial charge in [-0.3, -0.25) is 0 Å². The van der Waals surface area contributed by atoms with Crippen LogP contribution in [0.15, 0.2) is 0 Å². The number of rotatable bonds is 6. The van der Waals surface area contributed by atoms with Crippen molar-refractivity contribution in [3.05, 3.63) is 0 Å². The van der Waals surface area contributed by atoms with E-state index in [1.807, 2.05) is 0 Å². The molecule has 2 atom stereocenters. The first-order chi connectivity index (χ1) is 6.36. The number of nitrogens with two attached hydrogens (primary N) is 1. The van der Waals surface area contributed by atoms with Crippen LogP contribution >= 0.6 is 0 Å². The molecule has 78 valence electrons. The summed E-state index contributed by atoms with van der Waals surface area (Å²) in [6.07, 6.45) is 5.06. The minimum Gasteiger partial charge on any atom is -0.376 e. The fourth-order valence-corrected chi connectivity index (χ4v) is 1.61. The molecule has 3 nitrogen and oxygen atoms in total. The van der Waals surface area contributed by atoms with E-state index in [-0.39, 0.29) is 6.10 Å². The quantitative estimate of drug-likeness (QED) is 0.682. The Morgan fingerprint density at radius 2 is 2.46 bits per heavy atom. The van der Waals surface area contributed by atoms with E-state index in [4.69, 9.17) is 15.2 Å². The third-order valence-corrected chi connectivity index (χ3v) is 2.42. The van der Waals surface area contributed by atoms with Crippen LogP contribution in [0.1, 0.15) is 32.6 Å². The highest BCUT2D eigenvalue weighted by atomic mass is 16.5. The van der Waals surface area contributed by atoms with Crippen molar-refractivity contribution in [3.63, 3.8) is 0 Å². The first-order valence-corrected chi connectivity index (χ1v) is 5.30. The first-order valence-electron chi connectivity index (χ1n) is 5.30. The monoisotopic (exact) mass is 187 g/mol. The molecule has 0 radical (unpaired) electrons. The van der Waals surface area contributed by atoms with Crippen LogP contribution < -0.4 is 5.73 Å². The van der Waals surface area contributed by atoms with E-state index in [9.17, 15) is 0 Å². The fourth-order valence-electron chi connectivity index (χ4n) is 1.61. The van der Waals surface area contributed by atoms with Gasteiger partial charge in [-0.15, -0.1) is 0 Å². The maximum Gasteiger partial charge on any atom is 0.0809 e. The van der Waals surface area contributed by atoms with Gasteiger partial charge in [-0.25, -0.2) is 0 Å². The molecule has 1 fully saturated rings. The summed E-state index contributed by atoms with van der Waals surface area (Å²) in [4.78, 5) is 0. The van der Waals surface area contributed by atoms with Crippen LogP contribution in [-0.2, 0) is 9.47 Å². The van der Waals surface area contributed by atoms with Crippen molar-refractivity contribution in [2.24, 2.45) is 5.73 Å². The van der Waals surface area contributed by atoms with Crippen molar-refractivity contribution in [2.75, 3.05) is 19.8 Å². The third-order valence-electron chi connectivity index (χ3n) is 2.42. The first kappa shape index (κ1) is 11.0. The molecule has 0 amide bonds. The molecule has 0 aromatic heterocycles. The standard InChI is InChI=1S/C10H21NO2/c1-2-4-9(7-11)13-8-10-5-3-6-12-10/h9-10H,2-8,11H2,1H3. The Morgan fingerprint density at radius 3 is 3.00 bits per heavy atom. The Hall–Kier alpha value is -0.120. The maximum atomic E-state index is 5.67. The van der Waals surface area contributed by atoms with E-state index in [1.165, 1.54) is 6.42 Å². The molecule has 13 heavy (non-hydrogen) atoms. The summed E-state index contributed by atoms with van der Waals surface area (Å²) in [6, 6.07) is 0. The van der Waals surface area contributed by atoms with Crippen LogP contribution in [0.4, 0.5) is 0 Å². The van der Waals surface area contributed by atoms with Crippen molar-refractivity contribution in [3.8, 4) is 0 Å². The molecule has 1 rings (SSSR count). The lowest BCUT2D eigenvalue weighted by Gasteiger charge is -2.17. The molecule has 0 aliphatic carbocycles. The molecular formula is C10H21NO2. The van der Waals surface area contributed by atoms with Crippen LogP contribution in [0, 0.1) is 0 Å². The van der Waals surface area contributed by atoms with Crippen molar-refractivity contribution in [1.29, 1.82) is 0 Å². The molecule has 0 aromatic rings. The molecule has 1 saturated heterocycles. The van der Waals surface area contributed by atoms with Gasteiger partial charge in [0, 0.05) is 13.2 Å². The number of ether oxygens (including phenoxy) is 2. The molecular weight excluding hydrogens is 166 g/mol. The van der Waals surface area contributed by atoms with Crippen molar-refractivity contribution >= 4 is 0 Å². The summed E-state index contributed by atoms with van der Waals surface area (Å²) in [5.74, 6) is 0. The smallest absolute Gasteiger partial charge is 0.0809 e. The Balaban J connectivity index is 2.07. The largest absolute Gasteiger partial charge is 0.376 e. The van der Waals surface area contributed by atoms with Crippen LogP contribution in [0.3, 0.4) is 0 Å². The lowest BCUT2D eigenvalue weighted by Crippen LogP contribution is -2.27. The zero-order valence-electron chi connectivity index (χ0n) is 8.50. The molecule has 0 saturated carbocycles. The minimum atomic E-state index is 0.231. The van der Waals surface area contributed by atoms with E-state index >= 15 is 0 Å². The fraction of sp³-hybridized carbons (Fsp3) is 1.00. The molecule has 1 aliphatic heterocycles. The topological polar surface area (TPSA) is 44.5 Å². The van der Waals surface area contributed by atoms with Crippen molar-refractivity contribution in [2.45, 2.75) is 44.8 Å². The van der Waals surface area contributed by atoms with Gasteiger partial charge in [-0.1, -0.05) is 13.3 Å². The molecule has 1 heterocycles. The highest BCUT2D eigenvalue weighted by Crippen LogP contribution is 2.13. The number of hydrogen-bond acceptors (Lipinski definition) is 3. The zero-order valence-corrected chi connectivity index (χ0v) is 8.50. The molecule has 0 bridgehead atoms. The predicted octanol–water partition coefficient (Wildman–Crippen LogP) is 1.31. The van der Waals surface area contributed by atoms with Gasteiger partial charge in [0.25, 0.3) is 0 Å². The molecule has 0 spiro atoms. The second-order valence-electron chi connectivity index (χ2n) is 3.61. The average Bonchev–Trinajstić information content (AvgIpc) is 2.64. The maximum absolute atomic E-state index is 5.67. The third kappa shape index (κ3) is 4.07. The molecule has 2 N–H and O–H groups in total. The molecule has 3 heteroatoms. The Morgan fingerprint density at radius 1 is 1.62 bits per heavy atom. The van der Waals surface area contributed by atoms with E-state index < -0.39 is 0 Å². The van der Waals surface area contributed by atoms with Gasteiger partial charge in [0.15, 0.2) is 0 Å². The Labute approximate surface area is 80.6 Å². The van der Waals surface area contributed by atoms with E-state index in [0.29, 0.717) is 12.6 Å². The van der Waals surface area contributed by atoms with Gasteiger partial charge in [0.1, 0.15) is 0 Å². The normalized spacial score (nSPS) is 24.9. The highest BCUT2D eigenvalue weighted by Gasteiger charge is 2.17. The highest BCUT2D eigenvalue weighted by molar-refractivity contribution is 4.66. The van der Waals surface area contributed by atoms with Crippen LogP contribution in [-0.4, -0.2) is 32.0 Å². The lowest BCUT2D eigenvalue weighted by atomic mass is 10.2. The minimum absolute atomic E-state index is 0.231. The second-order valence-corrected chi connectivity index (χ2v) is 3.61. The number of hydrogen-bond donors (Lipinski definition) is 1. The predicted molar refractivity (Wildman–Crippen MR) is 52.7 cm³/mol. The molecule has 2 unspecified atom stereocenters. The van der Waals surface area contributed by atoms with Gasteiger partial charge < -0.3 is 15.2 Å². The van der Waals surface area contributed by atoms with Gasteiger partial charge in [-0.2, -0.15) is 0 Å². The summed E-state index contributed by atoms with van der Waals surface area (Å²) in [6.45, 7) is 4.40. The molecule has 1 aliphatic rings. The van der Waals surface area contributed by atoms with Crippen molar-refractivity contribution in [1.82, 2.24) is 0 Å². The Bertz CT molecular complexity index is 124. The van der Waals surface area contributed by atoms with E-state index in [1.54, 1.807) is 0 Å². The van der Waals surface area contributed by atoms with Gasteiger partial charge in [-0.05, 0) is 19.3 Å². The zero-order chi connectivity index (χ0) is 9.52.